The molecule has 1 saturated carbocycles. The molecule has 3 atom stereocenters. The average Bonchev–Trinajstić information content (AvgIpc) is 2.63. The third kappa shape index (κ3) is 2.54. The summed E-state index contributed by atoms with van der Waals surface area (Å²) in [5.41, 5.74) is 0. The molecule has 1 N–H and O–H groups in total. The normalized spacial score (nSPS) is 26.4. The molecule has 92 valence electrons. The molecule has 0 aromatic rings. The number of hydrogen-bond donors (Lipinski definition) is 1. The third-order valence-corrected chi connectivity index (χ3v) is 3.67. The number of nitrogens with zero attached hydrogens (tertiary/aromatic N) is 1. The molecule has 0 heterocycles. The topological polar surface area (TPSA) is 57.6 Å². The third-order valence-electron chi connectivity index (χ3n) is 3.67. The average molecular weight is 227 g/mol. The van der Waals surface area contributed by atoms with Gasteiger partial charge in [-0.2, -0.15) is 0 Å². The van der Waals surface area contributed by atoms with E-state index in [2.05, 4.69) is 6.92 Å². The monoisotopic (exact) mass is 227 g/mol. The van der Waals surface area contributed by atoms with Gasteiger partial charge in [0.2, 0.25) is 5.91 Å². The first-order valence-corrected chi connectivity index (χ1v) is 5.98. The summed E-state index contributed by atoms with van der Waals surface area (Å²) >= 11 is 0. The molecule has 3 unspecified atom stereocenters. The first kappa shape index (κ1) is 13.0. The number of carbonyl (C=O) groups excluding carboxylic acids is 1. The molecular formula is C12H21NO3. The highest BCUT2D eigenvalue weighted by molar-refractivity contribution is 5.85. The zero-order chi connectivity index (χ0) is 12.3. The van der Waals surface area contributed by atoms with Crippen LogP contribution in [0.4, 0.5) is 0 Å². The number of likely N-dealkylation sites (N-methyl/N-ethyl adjacent to an activating group) is 1. The van der Waals surface area contributed by atoms with Gasteiger partial charge in [0.05, 0.1) is 0 Å². The zero-order valence-corrected chi connectivity index (χ0v) is 10.3. The maximum Gasteiger partial charge on any atom is 0.326 e. The largest absolute Gasteiger partial charge is 0.480 e. The molecule has 1 rings (SSSR count). The van der Waals surface area contributed by atoms with Crippen LogP contribution in [0.15, 0.2) is 0 Å². The Labute approximate surface area is 96.6 Å². The van der Waals surface area contributed by atoms with E-state index in [0.717, 1.165) is 19.3 Å². The van der Waals surface area contributed by atoms with Gasteiger partial charge in [0.15, 0.2) is 0 Å². The first-order valence-electron chi connectivity index (χ1n) is 5.98. The summed E-state index contributed by atoms with van der Waals surface area (Å²) in [7, 11) is 1.61. The van der Waals surface area contributed by atoms with Crippen LogP contribution < -0.4 is 0 Å². The lowest BCUT2D eigenvalue weighted by Gasteiger charge is -2.28. The Hall–Kier alpha value is -1.06. The summed E-state index contributed by atoms with van der Waals surface area (Å²) in [6.45, 7) is 3.87. The number of aliphatic carboxylic acids is 1. The summed E-state index contributed by atoms with van der Waals surface area (Å²) in [6.07, 6.45) is 3.52. The molecule has 1 fully saturated rings. The van der Waals surface area contributed by atoms with Crippen molar-refractivity contribution in [2.24, 2.45) is 11.8 Å². The molecule has 4 heteroatoms. The van der Waals surface area contributed by atoms with E-state index < -0.39 is 12.0 Å². The number of carboxylic acid groups (broad SMARTS) is 1. The lowest BCUT2D eigenvalue weighted by Crippen LogP contribution is -2.45. The first-order chi connectivity index (χ1) is 7.49. The molecule has 0 saturated heterocycles. The van der Waals surface area contributed by atoms with Gasteiger partial charge < -0.3 is 10.0 Å². The van der Waals surface area contributed by atoms with Crippen molar-refractivity contribution < 1.29 is 14.7 Å². The van der Waals surface area contributed by atoms with Crippen molar-refractivity contribution in [3.05, 3.63) is 0 Å². The highest BCUT2D eigenvalue weighted by Gasteiger charge is 2.35. The van der Waals surface area contributed by atoms with E-state index >= 15 is 0 Å². The molecule has 1 amide bonds. The van der Waals surface area contributed by atoms with E-state index in [4.69, 9.17) is 5.11 Å². The molecule has 16 heavy (non-hydrogen) atoms. The number of hydrogen-bond acceptors (Lipinski definition) is 2. The Morgan fingerprint density at radius 2 is 2.06 bits per heavy atom. The second-order valence-corrected chi connectivity index (χ2v) is 4.73. The van der Waals surface area contributed by atoms with Crippen molar-refractivity contribution in [2.75, 3.05) is 7.05 Å². The molecule has 0 aromatic heterocycles. The SMILES string of the molecule is CCC(C(=O)O)N(C)C(=O)C1CCCC1C. The smallest absolute Gasteiger partial charge is 0.326 e. The summed E-state index contributed by atoms with van der Waals surface area (Å²) in [5, 5.41) is 9.01. The Morgan fingerprint density at radius 3 is 2.44 bits per heavy atom. The van der Waals surface area contributed by atoms with Crippen LogP contribution in [-0.2, 0) is 9.59 Å². The van der Waals surface area contributed by atoms with E-state index in [0.29, 0.717) is 12.3 Å². The van der Waals surface area contributed by atoms with Crippen LogP contribution in [0.2, 0.25) is 0 Å². The summed E-state index contributed by atoms with van der Waals surface area (Å²) in [5.74, 6) is -0.497. The fraction of sp³-hybridized carbons (Fsp3) is 0.833. The Kier molecular flexibility index (Phi) is 4.33. The number of carboxylic acids is 1. The Morgan fingerprint density at radius 1 is 1.44 bits per heavy atom. The maximum atomic E-state index is 12.1. The minimum absolute atomic E-state index is 0.000694. The van der Waals surface area contributed by atoms with Gasteiger partial charge in [-0.25, -0.2) is 4.79 Å². The van der Waals surface area contributed by atoms with Gasteiger partial charge in [-0.1, -0.05) is 20.3 Å². The Bertz CT molecular complexity index is 277. The van der Waals surface area contributed by atoms with Crippen molar-refractivity contribution in [1.82, 2.24) is 4.90 Å². The van der Waals surface area contributed by atoms with Gasteiger partial charge in [-0.3, -0.25) is 4.79 Å². The molecule has 1 aliphatic rings. The highest BCUT2D eigenvalue weighted by Crippen LogP contribution is 2.32. The minimum Gasteiger partial charge on any atom is -0.480 e. The molecule has 0 aromatic carbocycles. The lowest BCUT2D eigenvalue weighted by molar-refractivity contribution is -0.151. The molecular weight excluding hydrogens is 206 g/mol. The molecule has 0 aliphatic heterocycles. The number of rotatable bonds is 4. The van der Waals surface area contributed by atoms with E-state index in [1.54, 1.807) is 14.0 Å². The van der Waals surface area contributed by atoms with E-state index in [1.807, 2.05) is 0 Å². The fourth-order valence-corrected chi connectivity index (χ4v) is 2.54. The second kappa shape index (κ2) is 5.32. The second-order valence-electron chi connectivity index (χ2n) is 4.73. The van der Waals surface area contributed by atoms with Gasteiger partial charge in [0.25, 0.3) is 0 Å². The van der Waals surface area contributed by atoms with Crippen molar-refractivity contribution >= 4 is 11.9 Å². The van der Waals surface area contributed by atoms with Crippen LogP contribution in [0, 0.1) is 11.8 Å². The van der Waals surface area contributed by atoms with Crippen molar-refractivity contribution in [3.8, 4) is 0 Å². The van der Waals surface area contributed by atoms with Crippen LogP contribution in [0.1, 0.15) is 39.5 Å². The van der Waals surface area contributed by atoms with Gasteiger partial charge in [0.1, 0.15) is 6.04 Å². The summed E-state index contributed by atoms with van der Waals surface area (Å²) < 4.78 is 0. The van der Waals surface area contributed by atoms with E-state index in [1.165, 1.54) is 4.90 Å². The summed E-state index contributed by atoms with van der Waals surface area (Å²) in [4.78, 5) is 24.5. The fourth-order valence-electron chi connectivity index (χ4n) is 2.54. The predicted molar refractivity (Wildman–Crippen MR) is 61.0 cm³/mol. The van der Waals surface area contributed by atoms with E-state index in [-0.39, 0.29) is 11.8 Å². The molecule has 0 bridgehead atoms. The van der Waals surface area contributed by atoms with Crippen molar-refractivity contribution in [1.29, 1.82) is 0 Å². The predicted octanol–water partition coefficient (Wildman–Crippen LogP) is 1.74. The minimum atomic E-state index is -0.913. The van der Waals surface area contributed by atoms with Crippen LogP contribution in [-0.4, -0.2) is 35.0 Å². The standard InChI is InChI=1S/C12H21NO3/c1-4-10(12(15)16)13(3)11(14)9-7-5-6-8(9)2/h8-10H,4-7H2,1-3H3,(H,15,16). The number of carbonyl (C=O) groups is 2. The highest BCUT2D eigenvalue weighted by atomic mass is 16.4. The summed E-state index contributed by atoms with van der Waals surface area (Å²) in [6, 6.07) is -0.680. The van der Waals surface area contributed by atoms with Crippen LogP contribution in [0.3, 0.4) is 0 Å². The van der Waals surface area contributed by atoms with Crippen molar-refractivity contribution in [2.45, 2.75) is 45.6 Å². The maximum absolute atomic E-state index is 12.1. The van der Waals surface area contributed by atoms with Crippen molar-refractivity contribution in [3.63, 3.8) is 0 Å². The molecule has 4 nitrogen and oxygen atoms in total. The van der Waals surface area contributed by atoms with Gasteiger partial charge >= 0.3 is 5.97 Å². The molecule has 0 spiro atoms. The quantitative estimate of drug-likeness (QED) is 0.796. The van der Waals surface area contributed by atoms with Crippen LogP contribution in [0.25, 0.3) is 0 Å². The van der Waals surface area contributed by atoms with Crippen LogP contribution >= 0.6 is 0 Å². The van der Waals surface area contributed by atoms with Gasteiger partial charge in [-0.15, -0.1) is 0 Å². The lowest BCUT2D eigenvalue weighted by atomic mass is 9.96. The zero-order valence-electron chi connectivity index (χ0n) is 10.3. The van der Waals surface area contributed by atoms with Gasteiger partial charge in [0, 0.05) is 13.0 Å². The molecule has 1 aliphatic carbocycles. The van der Waals surface area contributed by atoms with Gasteiger partial charge in [-0.05, 0) is 25.2 Å². The number of amides is 1. The van der Waals surface area contributed by atoms with E-state index in [9.17, 15) is 9.59 Å². The Balaban J connectivity index is 2.68. The van der Waals surface area contributed by atoms with Crippen LogP contribution in [0.5, 0.6) is 0 Å². The molecule has 0 radical (unpaired) electrons.